The first-order valence-corrected chi connectivity index (χ1v) is 10.7. The molecule has 3 rings (SSSR count). The molecule has 30 heavy (non-hydrogen) atoms. The number of hydrogen-bond acceptors (Lipinski definition) is 6. The number of rotatable bonds is 6. The average Bonchev–Trinajstić information content (AvgIpc) is 2.66. The Hall–Kier alpha value is -2.98. The molecule has 0 unspecified atom stereocenters. The number of ether oxygens (including phenoxy) is 1. The van der Waals surface area contributed by atoms with Crippen LogP contribution in [-0.4, -0.2) is 28.2 Å². The zero-order chi connectivity index (χ0) is 22.1. The van der Waals surface area contributed by atoms with E-state index in [1.807, 2.05) is 0 Å². The number of halogens is 2. The molecule has 8 nitrogen and oxygen atoms in total. The van der Waals surface area contributed by atoms with E-state index >= 15 is 0 Å². The minimum atomic E-state index is -3.72. The van der Waals surface area contributed by atoms with Crippen molar-refractivity contribution in [2.75, 3.05) is 4.72 Å². The van der Waals surface area contributed by atoms with Crippen molar-refractivity contribution in [2.24, 2.45) is 7.05 Å². The van der Waals surface area contributed by atoms with E-state index in [2.05, 4.69) is 14.7 Å². The van der Waals surface area contributed by atoms with Gasteiger partial charge in [0.2, 0.25) is 15.6 Å². The van der Waals surface area contributed by atoms with Crippen LogP contribution in [0.3, 0.4) is 0 Å². The van der Waals surface area contributed by atoms with E-state index in [9.17, 15) is 17.6 Å². The van der Waals surface area contributed by atoms with Crippen molar-refractivity contribution in [3.8, 4) is 23.0 Å². The molecule has 0 aliphatic rings. The third-order valence-electron chi connectivity index (χ3n) is 4.07. The van der Waals surface area contributed by atoms with E-state index in [0.717, 1.165) is 6.07 Å². The number of benzene rings is 1. The molecule has 1 N–H and O–H groups in total. The number of anilines is 1. The SMILES string of the molecule is CC(C)S(=O)(=O)Nc1cc(-c2ccc(=O)n(C)c2)nc(Oc2c(F)cccc2Cl)n1. The number of para-hydroxylation sites is 1. The fourth-order valence-electron chi connectivity index (χ4n) is 2.35. The largest absolute Gasteiger partial charge is 0.419 e. The van der Waals surface area contributed by atoms with Gasteiger partial charge < -0.3 is 9.30 Å². The molecule has 0 saturated carbocycles. The molecule has 2 aromatic heterocycles. The van der Waals surface area contributed by atoms with E-state index < -0.39 is 21.1 Å². The van der Waals surface area contributed by atoms with Crippen LogP contribution in [0.4, 0.5) is 10.2 Å². The van der Waals surface area contributed by atoms with Crippen molar-refractivity contribution in [2.45, 2.75) is 19.1 Å². The van der Waals surface area contributed by atoms with Crippen LogP contribution < -0.4 is 15.0 Å². The summed E-state index contributed by atoms with van der Waals surface area (Å²) in [7, 11) is -2.16. The van der Waals surface area contributed by atoms with Crippen LogP contribution >= 0.6 is 11.6 Å². The highest BCUT2D eigenvalue weighted by Gasteiger charge is 2.19. The van der Waals surface area contributed by atoms with Crippen LogP contribution in [0.5, 0.6) is 11.8 Å². The second-order valence-electron chi connectivity index (χ2n) is 6.64. The van der Waals surface area contributed by atoms with Crippen LogP contribution in [0, 0.1) is 5.82 Å². The molecule has 0 radical (unpaired) electrons. The Kier molecular flexibility index (Phi) is 6.09. The fourth-order valence-corrected chi connectivity index (χ4v) is 3.18. The quantitative estimate of drug-likeness (QED) is 0.613. The molecular formula is C19H18ClFN4O4S. The fraction of sp³-hybridized carbons (Fsp3) is 0.211. The van der Waals surface area contributed by atoms with Crippen LogP contribution in [0.25, 0.3) is 11.3 Å². The van der Waals surface area contributed by atoms with Gasteiger partial charge in [0, 0.05) is 30.9 Å². The zero-order valence-electron chi connectivity index (χ0n) is 16.3. The summed E-state index contributed by atoms with van der Waals surface area (Å²) in [4.78, 5) is 19.9. The summed E-state index contributed by atoms with van der Waals surface area (Å²) in [6, 6.07) is 7.91. The minimum absolute atomic E-state index is 0.00424. The van der Waals surface area contributed by atoms with E-state index in [1.54, 1.807) is 7.05 Å². The summed E-state index contributed by atoms with van der Waals surface area (Å²) < 4.78 is 47.8. The molecule has 2 heterocycles. The highest BCUT2D eigenvalue weighted by molar-refractivity contribution is 7.93. The zero-order valence-corrected chi connectivity index (χ0v) is 17.8. The van der Waals surface area contributed by atoms with Crippen molar-refractivity contribution in [1.82, 2.24) is 14.5 Å². The van der Waals surface area contributed by atoms with Crippen molar-refractivity contribution in [3.05, 3.63) is 63.8 Å². The van der Waals surface area contributed by atoms with Gasteiger partial charge >= 0.3 is 6.01 Å². The van der Waals surface area contributed by atoms with Crippen molar-refractivity contribution >= 4 is 27.4 Å². The van der Waals surface area contributed by atoms with E-state index in [4.69, 9.17) is 16.3 Å². The molecule has 3 aromatic rings. The smallest absolute Gasteiger partial charge is 0.324 e. The van der Waals surface area contributed by atoms with Gasteiger partial charge in [-0.3, -0.25) is 9.52 Å². The molecule has 11 heteroatoms. The monoisotopic (exact) mass is 452 g/mol. The molecule has 158 valence electrons. The predicted molar refractivity (Wildman–Crippen MR) is 112 cm³/mol. The van der Waals surface area contributed by atoms with Crippen molar-refractivity contribution in [1.29, 1.82) is 0 Å². The summed E-state index contributed by atoms with van der Waals surface area (Å²) in [5.74, 6) is -1.11. The maximum absolute atomic E-state index is 14.1. The van der Waals surface area contributed by atoms with E-state index in [1.165, 1.54) is 54.9 Å². The Bertz CT molecular complexity index is 1240. The number of aromatic nitrogens is 3. The molecule has 0 aliphatic carbocycles. The lowest BCUT2D eigenvalue weighted by molar-refractivity contribution is 0.412. The molecule has 0 spiro atoms. The molecule has 0 fully saturated rings. The van der Waals surface area contributed by atoms with Gasteiger partial charge in [-0.15, -0.1) is 0 Å². The van der Waals surface area contributed by atoms with Gasteiger partial charge in [0.1, 0.15) is 5.82 Å². The highest BCUT2D eigenvalue weighted by atomic mass is 35.5. The summed E-state index contributed by atoms with van der Waals surface area (Å²) in [5.41, 5.74) is 0.515. The molecular weight excluding hydrogens is 435 g/mol. The van der Waals surface area contributed by atoms with Gasteiger partial charge in [-0.2, -0.15) is 9.97 Å². The van der Waals surface area contributed by atoms with Crippen LogP contribution in [-0.2, 0) is 17.1 Å². The number of aryl methyl sites for hydroxylation is 1. The molecule has 0 saturated heterocycles. The molecule has 0 atom stereocenters. The lowest BCUT2D eigenvalue weighted by Crippen LogP contribution is -2.23. The lowest BCUT2D eigenvalue weighted by atomic mass is 10.2. The lowest BCUT2D eigenvalue weighted by Gasteiger charge is -2.13. The Morgan fingerprint density at radius 1 is 1.20 bits per heavy atom. The Morgan fingerprint density at radius 2 is 1.93 bits per heavy atom. The number of nitrogens with zero attached hydrogens (tertiary/aromatic N) is 3. The summed E-state index contributed by atoms with van der Waals surface area (Å²) >= 11 is 5.99. The molecule has 0 bridgehead atoms. The standard InChI is InChI=1S/C19H18ClFN4O4S/c1-11(2)30(27,28)24-16-9-15(12-7-8-17(26)25(3)10-12)22-19(23-16)29-18-13(20)5-4-6-14(18)21/h4-11H,1-3H3,(H,22,23,24). The van der Waals surface area contributed by atoms with Crippen molar-refractivity contribution in [3.63, 3.8) is 0 Å². The first-order valence-electron chi connectivity index (χ1n) is 8.76. The Labute approximate surface area is 177 Å². The average molecular weight is 453 g/mol. The molecule has 0 aliphatic heterocycles. The van der Waals surface area contributed by atoms with Crippen molar-refractivity contribution < 1.29 is 17.5 Å². The second kappa shape index (κ2) is 8.41. The van der Waals surface area contributed by atoms with E-state index in [0.29, 0.717) is 5.56 Å². The topological polar surface area (TPSA) is 103 Å². The van der Waals surface area contributed by atoms with Gasteiger partial charge in [0.25, 0.3) is 0 Å². The normalized spacial score (nSPS) is 11.5. The summed E-state index contributed by atoms with van der Waals surface area (Å²) in [5, 5.41) is -0.728. The maximum Gasteiger partial charge on any atom is 0.324 e. The molecule has 0 amide bonds. The summed E-state index contributed by atoms with van der Waals surface area (Å²) in [6.07, 6.45) is 1.52. The van der Waals surface area contributed by atoms with Gasteiger partial charge in [0.15, 0.2) is 11.6 Å². The van der Waals surface area contributed by atoms with Crippen LogP contribution in [0.15, 0.2) is 47.4 Å². The van der Waals surface area contributed by atoms with Crippen LogP contribution in [0.2, 0.25) is 5.02 Å². The first kappa shape index (κ1) is 21.7. The second-order valence-corrected chi connectivity index (χ2v) is 9.28. The number of pyridine rings is 1. The minimum Gasteiger partial charge on any atom is -0.419 e. The third kappa shape index (κ3) is 4.77. The van der Waals surface area contributed by atoms with Gasteiger partial charge in [-0.25, -0.2) is 12.8 Å². The maximum atomic E-state index is 14.1. The van der Waals surface area contributed by atoms with Gasteiger partial charge in [-0.05, 0) is 32.0 Å². The predicted octanol–water partition coefficient (Wildman–Crippen LogP) is 3.58. The number of hydrogen-bond donors (Lipinski definition) is 1. The van der Waals surface area contributed by atoms with Crippen LogP contribution in [0.1, 0.15) is 13.8 Å². The van der Waals surface area contributed by atoms with E-state index in [-0.39, 0.29) is 33.9 Å². The Morgan fingerprint density at radius 3 is 2.57 bits per heavy atom. The summed E-state index contributed by atoms with van der Waals surface area (Å²) in [6.45, 7) is 3.02. The highest BCUT2D eigenvalue weighted by Crippen LogP contribution is 2.32. The number of sulfonamides is 1. The first-order chi connectivity index (χ1) is 14.1. The Balaban J connectivity index is 2.12. The number of nitrogens with one attached hydrogen (secondary N) is 1. The third-order valence-corrected chi connectivity index (χ3v) is 6.10. The van der Waals surface area contributed by atoms with Gasteiger partial charge in [0.05, 0.1) is 16.0 Å². The molecule has 1 aromatic carbocycles. The van der Waals surface area contributed by atoms with Gasteiger partial charge in [-0.1, -0.05) is 17.7 Å².